The van der Waals surface area contributed by atoms with E-state index in [9.17, 15) is 0 Å². The van der Waals surface area contributed by atoms with E-state index in [2.05, 4.69) is 23.5 Å². The zero-order valence-corrected chi connectivity index (χ0v) is 5.02. The Morgan fingerprint density at radius 2 is 2.29 bits per heavy atom. The minimum absolute atomic E-state index is 0.747. The van der Waals surface area contributed by atoms with Crippen LogP contribution < -0.4 is 0 Å². The molecular formula is C5H12N2. The highest BCUT2D eigenvalue weighted by Crippen LogP contribution is 1.76. The molecular weight excluding hydrogens is 88.1 g/mol. The molecule has 0 saturated carbocycles. The van der Waals surface area contributed by atoms with E-state index in [1.165, 1.54) is 0 Å². The van der Waals surface area contributed by atoms with Crippen molar-refractivity contribution in [2.24, 2.45) is 4.99 Å². The largest absolute Gasteiger partial charge is 0.288 e. The second-order valence-corrected chi connectivity index (χ2v) is 1.54. The van der Waals surface area contributed by atoms with Crippen molar-refractivity contribution < 1.29 is 0 Å². The number of aliphatic imine (C=N–C) groups is 1. The minimum Gasteiger partial charge on any atom is -0.288 e. The molecule has 7 heavy (non-hydrogen) atoms. The Labute approximate surface area is 44.9 Å². The van der Waals surface area contributed by atoms with Crippen molar-refractivity contribution in [3.63, 3.8) is 0 Å². The topological polar surface area (TPSA) is 15.6 Å². The van der Waals surface area contributed by atoms with Crippen molar-refractivity contribution in [2.45, 2.75) is 6.92 Å². The smallest absolute Gasteiger partial charge is 0.0899 e. The lowest BCUT2D eigenvalue weighted by Crippen LogP contribution is -2.16. The standard InChI is InChI=1S/C5H12N2/c1-4-7(3)5-6-2/h2,4-5H2,1,3H3. The fraction of sp³-hybridized carbons (Fsp3) is 0.800. The maximum atomic E-state index is 3.68. The minimum atomic E-state index is 0.747. The second-order valence-electron chi connectivity index (χ2n) is 1.54. The molecule has 0 bridgehead atoms. The quantitative estimate of drug-likeness (QED) is 0.474. The molecule has 0 N–H and O–H groups in total. The van der Waals surface area contributed by atoms with Crippen LogP contribution in [0.4, 0.5) is 0 Å². The van der Waals surface area contributed by atoms with Crippen molar-refractivity contribution in [3.8, 4) is 0 Å². The number of hydrogen-bond donors (Lipinski definition) is 0. The zero-order valence-electron chi connectivity index (χ0n) is 5.02. The van der Waals surface area contributed by atoms with Crippen LogP contribution in [0.5, 0.6) is 0 Å². The molecule has 2 heteroatoms. The number of hydrogen-bond acceptors (Lipinski definition) is 2. The fourth-order valence-electron chi connectivity index (χ4n) is 0.271. The maximum absolute atomic E-state index is 3.68. The van der Waals surface area contributed by atoms with Crippen LogP contribution in [0.15, 0.2) is 4.99 Å². The summed E-state index contributed by atoms with van der Waals surface area (Å²) in [5, 5.41) is 0. The number of nitrogens with zero attached hydrogens (tertiary/aromatic N) is 2. The van der Waals surface area contributed by atoms with Gasteiger partial charge in [-0.25, -0.2) is 0 Å². The Morgan fingerprint density at radius 1 is 1.71 bits per heavy atom. The first kappa shape index (κ1) is 6.63. The molecule has 0 amide bonds. The molecule has 0 rings (SSSR count). The van der Waals surface area contributed by atoms with Gasteiger partial charge in [0.25, 0.3) is 0 Å². The normalized spacial score (nSPS) is 9.57. The van der Waals surface area contributed by atoms with Crippen LogP contribution in [0.3, 0.4) is 0 Å². The van der Waals surface area contributed by atoms with Gasteiger partial charge in [0.2, 0.25) is 0 Å². The van der Waals surface area contributed by atoms with Crippen LogP contribution in [0, 0.1) is 0 Å². The van der Waals surface area contributed by atoms with Gasteiger partial charge in [-0.3, -0.25) is 9.89 Å². The van der Waals surface area contributed by atoms with Crippen LogP contribution in [-0.2, 0) is 0 Å². The number of rotatable bonds is 3. The van der Waals surface area contributed by atoms with Crippen LogP contribution in [0.25, 0.3) is 0 Å². The summed E-state index contributed by atoms with van der Waals surface area (Å²) in [6.07, 6.45) is 0. The molecule has 0 aliphatic carbocycles. The third-order valence-electron chi connectivity index (χ3n) is 0.881. The van der Waals surface area contributed by atoms with E-state index in [1.54, 1.807) is 0 Å². The summed E-state index contributed by atoms with van der Waals surface area (Å²) in [4.78, 5) is 5.76. The van der Waals surface area contributed by atoms with Gasteiger partial charge in [-0.15, -0.1) is 0 Å². The molecule has 0 heterocycles. The highest BCUT2D eigenvalue weighted by Gasteiger charge is 1.84. The van der Waals surface area contributed by atoms with Gasteiger partial charge >= 0.3 is 0 Å². The van der Waals surface area contributed by atoms with Crippen molar-refractivity contribution in [2.75, 3.05) is 20.3 Å². The highest BCUT2D eigenvalue weighted by molar-refractivity contribution is 5.22. The monoisotopic (exact) mass is 100 g/mol. The fourth-order valence-corrected chi connectivity index (χ4v) is 0.271. The third kappa shape index (κ3) is 3.46. The van der Waals surface area contributed by atoms with Crippen molar-refractivity contribution >= 4 is 6.72 Å². The average molecular weight is 100 g/mol. The van der Waals surface area contributed by atoms with Gasteiger partial charge in [0, 0.05) is 0 Å². The predicted molar refractivity (Wildman–Crippen MR) is 32.7 cm³/mol. The van der Waals surface area contributed by atoms with Gasteiger partial charge in [-0.05, 0) is 20.3 Å². The zero-order chi connectivity index (χ0) is 5.70. The van der Waals surface area contributed by atoms with E-state index in [0.29, 0.717) is 0 Å². The van der Waals surface area contributed by atoms with Gasteiger partial charge in [0.15, 0.2) is 0 Å². The highest BCUT2D eigenvalue weighted by atomic mass is 15.2. The summed E-state index contributed by atoms with van der Waals surface area (Å²) in [5.74, 6) is 0. The predicted octanol–water partition coefficient (Wildman–Crippen LogP) is 0.596. The molecule has 0 aromatic heterocycles. The van der Waals surface area contributed by atoms with Crippen molar-refractivity contribution in [1.29, 1.82) is 0 Å². The first-order valence-corrected chi connectivity index (χ1v) is 2.42. The van der Waals surface area contributed by atoms with Gasteiger partial charge in [0.1, 0.15) is 0 Å². The first-order chi connectivity index (χ1) is 3.31. The Kier molecular flexibility index (Phi) is 3.61. The first-order valence-electron chi connectivity index (χ1n) is 2.42. The van der Waals surface area contributed by atoms with E-state index in [-0.39, 0.29) is 0 Å². The molecule has 0 aliphatic heterocycles. The molecule has 0 unspecified atom stereocenters. The SMILES string of the molecule is C=NCN(C)CC. The summed E-state index contributed by atoms with van der Waals surface area (Å²) < 4.78 is 0. The van der Waals surface area contributed by atoms with Crippen LogP contribution in [0.1, 0.15) is 6.92 Å². The Hall–Kier alpha value is -0.370. The third-order valence-corrected chi connectivity index (χ3v) is 0.881. The summed E-state index contributed by atoms with van der Waals surface area (Å²) in [6.45, 7) is 7.23. The Morgan fingerprint density at radius 3 is 2.43 bits per heavy atom. The molecule has 0 radical (unpaired) electrons. The van der Waals surface area contributed by atoms with Crippen LogP contribution >= 0.6 is 0 Å². The van der Waals surface area contributed by atoms with E-state index in [1.807, 2.05) is 7.05 Å². The van der Waals surface area contributed by atoms with Crippen LogP contribution in [0.2, 0.25) is 0 Å². The molecule has 0 aliphatic rings. The van der Waals surface area contributed by atoms with Gasteiger partial charge < -0.3 is 0 Å². The van der Waals surface area contributed by atoms with E-state index in [0.717, 1.165) is 13.2 Å². The summed E-state index contributed by atoms with van der Waals surface area (Å²) >= 11 is 0. The Bertz CT molecular complexity index is 52.0. The van der Waals surface area contributed by atoms with Crippen LogP contribution in [-0.4, -0.2) is 31.9 Å². The van der Waals surface area contributed by atoms with Crippen molar-refractivity contribution in [1.82, 2.24) is 4.90 Å². The maximum Gasteiger partial charge on any atom is 0.0899 e. The summed E-state index contributed by atoms with van der Waals surface area (Å²) in [6, 6.07) is 0. The molecule has 0 atom stereocenters. The molecule has 0 aromatic rings. The summed E-state index contributed by atoms with van der Waals surface area (Å²) in [5.41, 5.74) is 0. The molecule has 0 aromatic carbocycles. The molecule has 0 fully saturated rings. The van der Waals surface area contributed by atoms with E-state index >= 15 is 0 Å². The summed E-state index contributed by atoms with van der Waals surface area (Å²) in [7, 11) is 2.01. The lowest BCUT2D eigenvalue weighted by molar-refractivity contribution is 0.367. The molecule has 2 nitrogen and oxygen atoms in total. The molecule has 42 valence electrons. The lowest BCUT2D eigenvalue weighted by Gasteiger charge is -2.07. The molecule has 0 spiro atoms. The average Bonchev–Trinajstić information content (AvgIpc) is 1.68. The van der Waals surface area contributed by atoms with E-state index < -0.39 is 0 Å². The van der Waals surface area contributed by atoms with Gasteiger partial charge in [0.05, 0.1) is 6.67 Å². The Balaban J connectivity index is 2.98. The molecule has 0 saturated heterocycles. The van der Waals surface area contributed by atoms with Gasteiger partial charge in [-0.1, -0.05) is 6.92 Å². The van der Waals surface area contributed by atoms with Gasteiger partial charge in [-0.2, -0.15) is 0 Å². The lowest BCUT2D eigenvalue weighted by atomic mass is 10.7. The second kappa shape index (κ2) is 3.81. The van der Waals surface area contributed by atoms with E-state index in [4.69, 9.17) is 0 Å². The van der Waals surface area contributed by atoms with Crippen molar-refractivity contribution in [3.05, 3.63) is 0 Å².